The van der Waals surface area contributed by atoms with E-state index in [0.717, 1.165) is 5.57 Å². The van der Waals surface area contributed by atoms with Crippen molar-refractivity contribution in [3.05, 3.63) is 35.5 Å². The minimum atomic E-state index is -0.507. The van der Waals surface area contributed by atoms with E-state index in [2.05, 4.69) is 6.58 Å². The molecule has 28 heavy (non-hydrogen) atoms. The van der Waals surface area contributed by atoms with Crippen LogP contribution in [0, 0.1) is 11.8 Å². The Morgan fingerprint density at radius 2 is 1.93 bits per heavy atom. The highest BCUT2D eigenvalue weighted by Gasteiger charge is 2.41. The molecule has 6 heteroatoms. The van der Waals surface area contributed by atoms with Crippen LogP contribution in [0.2, 0.25) is 0 Å². The molecule has 0 N–H and O–H groups in total. The van der Waals surface area contributed by atoms with Gasteiger partial charge in [0.15, 0.2) is 0 Å². The van der Waals surface area contributed by atoms with Crippen molar-refractivity contribution in [1.29, 1.82) is 0 Å². The highest BCUT2D eigenvalue weighted by Crippen LogP contribution is 2.37. The predicted molar refractivity (Wildman–Crippen MR) is 104 cm³/mol. The lowest BCUT2D eigenvalue weighted by Crippen LogP contribution is -2.33. The van der Waals surface area contributed by atoms with Gasteiger partial charge in [0, 0.05) is 24.0 Å². The number of hydrogen-bond donors (Lipinski definition) is 0. The molecule has 154 valence electrons. The first-order chi connectivity index (χ1) is 13.1. The van der Waals surface area contributed by atoms with Crippen molar-refractivity contribution in [2.45, 2.75) is 72.2 Å². The summed E-state index contributed by atoms with van der Waals surface area (Å²) in [6.45, 7) is 12.6. The predicted octanol–water partition coefficient (Wildman–Crippen LogP) is 3.66. The highest BCUT2D eigenvalue weighted by atomic mass is 16.6. The number of carbonyl (C=O) groups is 3. The minimum absolute atomic E-state index is 0.0155. The second-order valence-corrected chi connectivity index (χ2v) is 7.72. The summed E-state index contributed by atoms with van der Waals surface area (Å²) in [5.74, 6) is -1.44. The fourth-order valence-electron chi connectivity index (χ4n) is 3.60. The van der Waals surface area contributed by atoms with E-state index in [0.29, 0.717) is 30.4 Å². The molecule has 0 saturated carbocycles. The van der Waals surface area contributed by atoms with Crippen LogP contribution >= 0.6 is 0 Å². The maximum Gasteiger partial charge on any atom is 0.334 e. The Balaban J connectivity index is 2.35. The normalized spacial score (nSPS) is 33.2. The Kier molecular flexibility index (Phi) is 7.22. The molecule has 6 nitrogen and oxygen atoms in total. The van der Waals surface area contributed by atoms with Crippen LogP contribution in [-0.2, 0) is 28.6 Å². The fraction of sp³-hybridized carbons (Fsp3) is 0.591. The van der Waals surface area contributed by atoms with Gasteiger partial charge in [0.1, 0.15) is 18.3 Å². The zero-order chi connectivity index (χ0) is 21.0. The average Bonchev–Trinajstić information content (AvgIpc) is 2.89. The Hall–Kier alpha value is -2.37. The van der Waals surface area contributed by atoms with Crippen LogP contribution in [0.1, 0.15) is 53.9 Å². The van der Waals surface area contributed by atoms with Crippen molar-refractivity contribution in [2.75, 3.05) is 0 Å². The van der Waals surface area contributed by atoms with Crippen molar-refractivity contribution in [2.24, 2.45) is 11.8 Å². The van der Waals surface area contributed by atoms with E-state index in [1.54, 1.807) is 19.9 Å². The van der Waals surface area contributed by atoms with Gasteiger partial charge < -0.3 is 14.2 Å². The molecule has 0 aromatic heterocycles. The summed E-state index contributed by atoms with van der Waals surface area (Å²) in [5.41, 5.74) is 1.77. The Labute approximate surface area is 166 Å². The van der Waals surface area contributed by atoms with Crippen LogP contribution in [-0.4, -0.2) is 36.2 Å². The lowest BCUT2D eigenvalue weighted by Gasteiger charge is -2.30. The van der Waals surface area contributed by atoms with Crippen LogP contribution in [0.15, 0.2) is 35.5 Å². The molecule has 1 aliphatic heterocycles. The zero-order valence-corrected chi connectivity index (χ0v) is 17.3. The van der Waals surface area contributed by atoms with Crippen LogP contribution in [0.3, 0.4) is 0 Å². The van der Waals surface area contributed by atoms with Gasteiger partial charge >= 0.3 is 17.9 Å². The molecule has 0 amide bonds. The maximum absolute atomic E-state index is 12.3. The first-order valence-electron chi connectivity index (χ1n) is 9.73. The van der Waals surface area contributed by atoms with E-state index >= 15 is 0 Å². The number of esters is 3. The van der Waals surface area contributed by atoms with Gasteiger partial charge in [0.2, 0.25) is 0 Å². The summed E-state index contributed by atoms with van der Waals surface area (Å²) in [4.78, 5) is 36.0. The van der Waals surface area contributed by atoms with E-state index in [-0.39, 0.29) is 23.8 Å². The third-order valence-electron chi connectivity index (χ3n) is 5.61. The smallest absolute Gasteiger partial charge is 0.334 e. The second kappa shape index (κ2) is 9.22. The third-order valence-corrected chi connectivity index (χ3v) is 5.61. The summed E-state index contributed by atoms with van der Waals surface area (Å²) in [5, 5.41) is 0. The van der Waals surface area contributed by atoms with E-state index in [1.807, 2.05) is 19.9 Å². The molecule has 1 aliphatic carbocycles. The summed E-state index contributed by atoms with van der Waals surface area (Å²) in [7, 11) is 0. The van der Waals surface area contributed by atoms with Crippen LogP contribution in [0.4, 0.5) is 0 Å². The number of carbonyl (C=O) groups excluding carboxylic acids is 3. The van der Waals surface area contributed by atoms with Crippen LogP contribution < -0.4 is 0 Å². The van der Waals surface area contributed by atoms with Gasteiger partial charge in [0.05, 0.1) is 0 Å². The summed E-state index contributed by atoms with van der Waals surface area (Å²) >= 11 is 0. The zero-order valence-electron chi connectivity index (χ0n) is 17.3. The van der Waals surface area contributed by atoms with E-state index in [9.17, 15) is 14.4 Å². The number of hydrogen-bond acceptors (Lipinski definition) is 6. The monoisotopic (exact) mass is 390 g/mol. The third kappa shape index (κ3) is 5.12. The molecule has 2 aliphatic rings. The van der Waals surface area contributed by atoms with Gasteiger partial charge in [0.25, 0.3) is 0 Å². The number of allylic oxidation sites excluding steroid dienone is 1. The maximum atomic E-state index is 12.3. The van der Waals surface area contributed by atoms with Gasteiger partial charge in [-0.25, -0.2) is 9.59 Å². The first-order valence-corrected chi connectivity index (χ1v) is 9.73. The molecule has 0 radical (unpaired) electrons. The van der Waals surface area contributed by atoms with E-state index < -0.39 is 24.3 Å². The van der Waals surface area contributed by atoms with Crippen molar-refractivity contribution < 1.29 is 28.6 Å². The topological polar surface area (TPSA) is 78.9 Å². The van der Waals surface area contributed by atoms with E-state index in [4.69, 9.17) is 14.2 Å². The fourth-order valence-corrected chi connectivity index (χ4v) is 3.60. The molecule has 0 spiro atoms. The van der Waals surface area contributed by atoms with Gasteiger partial charge in [-0.3, -0.25) is 4.79 Å². The molecule has 0 aromatic rings. The van der Waals surface area contributed by atoms with Crippen molar-refractivity contribution in [3.8, 4) is 0 Å². The minimum Gasteiger partial charge on any atom is -0.459 e. The SMILES string of the molecule is C=C1C(=O)O[C@@H]2/C=C(/C)C(OC(C)=O)CC[C@@H](C)[C@@H](OC(=O)/C(C)=C\C)CC12. The molecular weight excluding hydrogens is 360 g/mol. The summed E-state index contributed by atoms with van der Waals surface area (Å²) < 4.78 is 16.7. The summed E-state index contributed by atoms with van der Waals surface area (Å²) in [6, 6.07) is 0. The van der Waals surface area contributed by atoms with Gasteiger partial charge in [-0.15, -0.1) is 0 Å². The number of rotatable bonds is 3. The Morgan fingerprint density at radius 1 is 1.25 bits per heavy atom. The number of fused-ring (bicyclic) bond motifs is 1. The Bertz CT molecular complexity index is 717. The molecule has 0 aromatic carbocycles. The molecule has 2 rings (SSSR count). The molecule has 1 saturated heterocycles. The lowest BCUT2D eigenvalue weighted by atomic mass is 9.82. The molecular formula is C22H30O6. The second-order valence-electron chi connectivity index (χ2n) is 7.72. The highest BCUT2D eigenvalue weighted by molar-refractivity contribution is 5.91. The lowest BCUT2D eigenvalue weighted by molar-refractivity contribution is -0.149. The van der Waals surface area contributed by atoms with E-state index in [1.165, 1.54) is 6.92 Å². The molecule has 0 bridgehead atoms. The molecule has 2 unspecified atom stereocenters. The Morgan fingerprint density at radius 3 is 2.54 bits per heavy atom. The molecule has 1 fully saturated rings. The first kappa shape index (κ1) is 21.9. The average molecular weight is 390 g/mol. The standard InChI is InChI=1S/C22H30O6/c1-7-12(2)21(24)27-19-11-17-15(5)22(25)28-20(17)10-14(4)18(26-16(6)23)9-8-13(19)3/h7,10,13,17-20H,5,8-9,11H2,1-4,6H3/b12-7-,14-10-/t13-,17?,18?,19+,20-/m1/s1. The number of ether oxygens (including phenoxy) is 3. The largest absolute Gasteiger partial charge is 0.459 e. The van der Waals surface area contributed by atoms with Gasteiger partial charge in [-0.05, 0) is 57.6 Å². The van der Waals surface area contributed by atoms with Crippen LogP contribution in [0.25, 0.3) is 0 Å². The van der Waals surface area contributed by atoms with Crippen molar-refractivity contribution in [3.63, 3.8) is 0 Å². The summed E-state index contributed by atoms with van der Waals surface area (Å²) in [6.07, 6.45) is 4.00. The van der Waals surface area contributed by atoms with Gasteiger partial charge in [-0.2, -0.15) is 0 Å². The molecule has 1 heterocycles. The van der Waals surface area contributed by atoms with Crippen molar-refractivity contribution >= 4 is 17.9 Å². The van der Waals surface area contributed by atoms with Crippen molar-refractivity contribution in [1.82, 2.24) is 0 Å². The van der Waals surface area contributed by atoms with Crippen LogP contribution in [0.5, 0.6) is 0 Å². The quantitative estimate of drug-likeness (QED) is 0.317. The molecule has 5 atom stereocenters. The van der Waals surface area contributed by atoms with Gasteiger partial charge in [-0.1, -0.05) is 19.6 Å².